The first-order valence-electron chi connectivity index (χ1n) is 15.0. The van der Waals surface area contributed by atoms with E-state index in [0.29, 0.717) is 13.0 Å². The highest BCUT2D eigenvalue weighted by atomic mass is 16.8. The summed E-state index contributed by atoms with van der Waals surface area (Å²) in [5.74, 6) is 0. The summed E-state index contributed by atoms with van der Waals surface area (Å²) in [7, 11) is 0. The molecule has 0 radical (unpaired) electrons. The van der Waals surface area contributed by atoms with Crippen LogP contribution in [-0.4, -0.2) is 175 Å². The van der Waals surface area contributed by atoms with E-state index >= 15 is 0 Å². The third-order valence-corrected chi connectivity index (χ3v) is 8.50. The van der Waals surface area contributed by atoms with Crippen molar-refractivity contribution >= 4 is 0 Å². The average Bonchev–Trinajstić information content (AvgIpc) is 2.98. The van der Waals surface area contributed by atoms with Crippen LogP contribution in [0.25, 0.3) is 0 Å². The first kappa shape index (κ1) is 36.2. The summed E-state index contributed by atoms with van der Waals surface area (Å²) in [6.07, 6.45) is -26.8. The summed E-state index contributed by atoms with van der Waals surface area (Å²) in [6.45, 7) is 8.16. The summed E-state index contributed by atoms with van der Waals surface area (Å²) >= 11 is 0. The van der Waals surface area contributed by atoms with Crippen molar-refractivity contribution in [3.05, 3.63) is 0 Å². The Labute approximate surface area is 254 Å². The minimum atomic E-state index is -1.79. The lowest BCUT2D eigenvalue weighted by molar-refractivity contribution is -0.383. The Hall–Kier alpha value is -0.680. The molecule has 4 aliphatic heterocycles. The van der Waals surface area contributed by atoms with Crippen LogP contribution in [0.4, 0.5) is 0 Å². The minimum Gasteiger partial charge on any atom is -0.388 e. The maximum absolute atomic E-state index is 11.1. The largest absolute Gasteiger partial charge is 0.388 e. The van der Waals surface area contributed by atoms with Gasteiger partial charge in [0.1, 0.15) is 73.2 Å². The van der Waals surface area contributed by atoms with E-state index in [9.17, 15) is 46.0 Å². The van der Waals surface area contributed by atoms with E-state index in [1.165, 1.54) is 20.8 Å². The predicted molar refractivity (Wildman–Crippen MR) is 142 cm³/mol. The highest BCUT2D eigenvalue weighted by Crippen LogP contribution is 2.34. The van der Waals surface area contributed by atoms with Gasteiger partial charge in [-0.3, -0.25) is 0 Å². The molecular weight excluding hydrogens is 596 g/mol. The highest BCUT2D eigenvalue weighted by Gasteiger charge is 2.53. The van der Waals surface area contributed by atoms with Crippen LogP contribution < -0.4 is 0 Å². The fourth-order valence-electron chi connectivity index (χ4n) is 5.73. The van der Waals surface area contributed by atoms with E-state index in [0.717, 1.165) is 0 Å². The summed E-state index contributed by atoms with van der Waals surface area (Å²) < 4.78 is 45.1. The topological polar surface area (TPSA) is 256 Å². The molecule has 4 saturated heterocycles. The van der Waals surface area contributed by atoms with E-state index < -0.39 is 123 Å². The molecule has 0 bridgehead atoms. The lowest BCUT2D eigenvalue weighted by atomic mass is 9.96. The standard InChI is InChI=1S/C27H48O17/c1-6-7-37-24-18(34)15(31)21(10(4)40-24)43-27-20(36)23(13(29)9(3)39-27)44-26-19(35)16(32)22(11(5)41-26)42-25-17(33)14(30)12(28)8(2)38-25/h8-36H,6-7H2,1-5H3/t8-,9-,10-,11-,12+,13+,14+,15-,16-,17-,18-,19-,20-,21+,22+,23+,24+,25-,26-,27-/m0/s1. The van der Waals surface area contributed by atoms with Crippen molar-refractivity contribution in [2.45, 2.75) is 164 Å². The van der Waals surface area contributed by atoms with Gasteiger partial charge in [0.2, 0.25) is 0 Å². The molecule has 20 atom stereocenters. The van der Waals surface area contributed by atoms with Crippen molar-refractivity contribution < 1.29 is 83.9 Å². The third kappa shape index (κ3) is 7.39. The van der Waals surface area contributed by atoms with Gasteiger partial charge in [-0.05, 0) is 34.1 Å². The molecule has 4 fully saturated rings. The van der Waals surface area contributed by atoms with Crippen LogP contribution in [0.15, 0.2) is 0 Å². The number of rotatable bonds is 9. The van der Waals surface area contributed by atoms with Gasteiger partial charge in [0.15, 0.2) is 25.2 Å². The molecule has 9 N–H and O–H groups in total. The molecule has 0 aliphatic carbocycles. The number of hydrogen-bond acceptors (Lipinski definition) is 17. The first-order valence-corrected chi connectivity index (χ1v) is 15.0. The molecule has 4 rings (SSSR count). The van der Waals surface area contributed by atoms with Crippen LogP contribution in [0.3, 0.4) is 0 Å². The zero-order valence-electron chi connectivity index (χ0n) is 25.3. The molecule has 258 valence electrons. The molecule has 0 amide bonds. The SMILES string of the molecule is CCCO[C@@H]1O[C@@H](C)[C@@H](O[C@@H]2O[C@@H](C)[C@@H](O)[C@@H](O[C@@H]3O[C@@H](C)[C@@H](O[C@@H]4O[C@@H](C)[C@@H](O)[C@@H](O)[C@@H]4O)[C@@H](O)[C@@H]3O)[C@@H]2O)[C@@H](O)[C@@H]1O. The Bertz CT molecular complexity index is 900. The maximum Gasteiger partial charge on any atom is 0.187 e. The molecule has 0 spiro atoms. The molecule has 0 aromatic rings. The summed E-state index contributed by atoms with van der Waals surface area (Å²) in [5.41, 5.74) is 0. The van der Waals surface area contributed by atoms with Gasteiger partial charge < -0.3 is 83.9 Å². The van der Waals surface area contributed by atoms with Gasteiger partial charge in [-0.15, -0.1) is 0 Å². The predicted octanol–water partition coefficient (Wildman–Crippen LogP) is -4.20. The van der Waals surface area contributed by atoms with Gasteiger partial charge in [-0.2, -0.15) is 0 Å². The van der Waals surface area contributed by atoms with Crippen LogP contribution in [0.2, 0.25) is 0 Å². The second-order valence-electron chi connectivity index (χ2n) is 11.9. The smallest absolute Gasteiger partial charge is 0.187 e. The normalized spacial score (nSPS) is 53.9. The fourth-order valence-corrected chi connectivity index (χ4v) is 5.73. The Morgan fingerprint density at radius 3 is 1.32 bits per heavy atom. The van der Waals surface area contributed by atoms with E-state index in [-0.39, 0.29) is 0 Å². The molecule has 0 aromatic heterocycles. The first-order chi connectivity index (χ1) is 20.7. The number of hydrogen-bond donors (Lipinski definition) is 9. The van der Waals surface area contributed by atoms with Crippen molar-refractivity contribution in [2.24, 2.45) is 0 Å². The maximum atomic E-state index is 11.1. The van der Waals surface area contributed by atoms with Gasteiger partial charge in [0.05, 0.1) is 24.4 Å². The molecule has 17 nitrogen and oxygen atoms in total. The highest BCUT2D eigenvalue weighted by molar-refractivity contribution is 4.96. The van der Waals surface area contributed by atoms with Crippen LogP contribution >= 0.6 is 0 Å². The molecule has 0 aromatic carbocycles. The Kier molecular flexibility index (Phi) is 12.4. The Morgan fingerprint density at radius 2 is 0.795 bits per heavy atom. The zero-order valence-corrected chi connectivity index (χ0v) is 25.3. The molecular formula is C27H48O17. The number of aliphatic hydroxyl groups excluding tert-OH is 9. The van der Waals surface area contributed by atoms with Crippen molar-refractivity contribution in [1.29, 1.82) is 0 Å². The van der Waals surface area contributed by atoms with E-state index in [2.05, 4.69) is 0 Å². The van der Waals surface area contributed by atoms with Crippen LogP contribution in [0, 0.1) is 0 Å². The van der Waals surface area contributed by atoms with Crippen LogP contribution in [0.1, 0.15) is 41.0 Å². The average molecular weight is 645 g/mol. The Morgan fingerprint density at radius 1 is 0.409 bits per heavy atom. The third-order valence-electron chi connectivity index (χ3n) is 8.50. The Balaban J connectivity index is 1.40. The summed E-state index contributed by atoms with van der Waals surface area (Å²) in [5, 5.41) is 95.2. The van der Waals surface area contributed by atoms with Gasteiger partial charge >= 0.3 is 0 Å². The van der Waals surface area contributed by atoms with E-state index in [4.69, 9.17) is 37.9 Å². The second-order valence-corrected chi connectivity index (χ2v) is 11.9. The monoisotopic (exact) mass is 644 g/mol. The van der Waals surface area contributed by atoms with Crippen molar-refractivity contribution in [2.75, 3.05) is 6.61 Å². The minimum absolute atomic E-state index is 0.295. The molecule has 4 aliphatic rings. The fraction of sp³-hybridized carbons (Fsp3) is 1.00. The van der Waals surface area contributed by atoms with Gasteiger partial charge in [-0.1, -0.05) is 6.92 Å². The summed E-state index contributed by atoms with van der Waals surface area (Å²) in [6, 6.07) is 0. The van der Waals surface area contributed by atoms with Crippen molar-refractivity contribution in [3.63, 3.8) is 0 Å². The molecule has 0 saturated carbocycles. The number of ether oxygens (including phenoxy) is 8. The zero-order chi connectivity index (χ0) is 32.6. The second kappa shape index (κ2) is 15.0. The quantitative estimate of drug-likeness (QED) is 0.115. The molecule has 4 heterocycles. The molecule has 0 unspecified atom stereocenters. The van der Waals surface area contributed by atoms with E-state index in [1.54, 1.807) is 6.92 Å². The molecule has 44 heavy (non-hydrogen) atoms. The van der Waals surface area contributed by atoms with Crippen LogP contribution in [-0.2, 0) is 37.9 Å². The lowest BCUT2D eigenvalue weighted by Gasteiger charge is -2.48. The lowest BCUT2D eigenvalue weighted by Crippen LogP contribution is -2.66. The van der Waals surface area contributed by atoms with Crippen molar-refractivity contribution in [3.8, 4) is 0 Å². The number of aliphatic hydroxyl groups is 9. The van der Waals surface area contributed by atoms with Crippen LogP contribution in [0.5, 0.6) is 0 Å². The van der Waals surface area contributed by atoms with Crippen molar-refractivity contribution in [1.82, 2.24) is 0 Å². The van der Waals surface area contributed by atoms with Gasteiger partial charge in [0.25, 0.3) is 0 Å². The van der Waals surface area contributed by atoms with Gasteiger partial charge in [-0.25, -0.2) is 0 Å². The van der Waals surface area contributed by atoms with E-state index in [1.807, 2.05) is 6.92 Å². The molecule has 17 heteroatoms. The summed E-state index contributed by atoms with van der Waals surface area (Å²) in [4.78, 5) is 0. The van der Waals surface area contributed by atoms with Gasteiger partial charge in [0, 0.05) is 6.61 Å².